The number of carbonyl (C=O) groups excluding carboxylic acids is 1. The number of benzene rings is 2. The predicted octanol–water partition coefficient (Wildman–Crippen LogP) is 4.26. The average Bonchev–Trinajstić information content (AvgIpc) is 3.42. The highest BCUT2D eigenvalue weighted by molar-refractivity contribution is 9.10. The van der Waals surface area contributed by atoms with Crippen LogP contribution in [0.2, 0.25) is 0 Å². The number of hydrogen-bond donors (Lipinski definition) is 1. The van der Waals surface area contributed by atoms with Crippen molar-refractivity contribution in [2.75, 3.05) is 7.05 Å². The van der Waals surface area contributed by atoms with Crippen molar-refractivity contribution in [3.63, 3.8) is 0 Å². The van der Waals surface area contributed by atoms with Crippen LogP contribution in [0.25, 0.3) is 10.9 Å². The second-order valence-corrected chi connectivity index (χ2v) is 11.6. The van der Waals surface area contributed by atoms with Crippen molar-refractivity contribution in [1.82, 2.24) is 14.1 Å². The van der Waals surface area contributed by atoms with Gasteiger partial charge >= 0.3 is 0 Å². The summed E-state index contributed by atoms with van der Waals surface area (Å²) in [4.78, 5) is 11.9. The Morgan fingerprint density at radius 2 is 1.88 bits per heavy atom. The molecule has 0 bridgehead atoms. The summed E-state index contributed by atoms with van der Waals surface area (Å²) >= 11 is 3.17. The maximum atomic E-state index is 15.3. The summed E-state index contributed by atoms with van der Waals surface area (Å²) in [7, 11) is -3.55. The first-order valence-electron chi connectivity index (χ1n) is 10.9. The largest absolute Gasteiger partial charge is 0.368 e. The van der Waals surface area contributed by atoms with Gasteiger partial charge in [0, 0.05) is 35.2 Å². The normalized spacial score (nSPS) is 16.4. The van der Waals surface area contributed by atoms with Crippen LogP contribution in [-0.4, -0.2) is 41.5 Å². The van der Waals surface area contributed by atoms with E-state index in [1.165, 1.54) is 43.2 Å². The number of rotatable bonds is 8. The number of nitrogens with zero attached hydrogens (tertiary/aromatic N) is 3. The molecule has 1 heterocycles. The highest BCUT2D eigenvalue weighted by atomic mass is 79.9. The standard InChI is InChI=1S/C23H25BrF2N4O3S/c1-29(21(22(27)31)23(25,26)17-6-8-18(24)9-7-17)34(32,33)19-10-11-20-16(12-19)14-30(28-20)13-15-4-2-3-5-15/h6-12,14-15,21H,2-5,13H2,1H3,(H2,27,31)/t21-/m0/s1. The highest BCUT2D eigenvalue weighted by Crippen LogP contribution is 2.37. The molecule has 1 atom stereocenters. The van der Waals surface area contributed by atoms with E-state index < -0.39 is 33.5 Å². The van der Waals surface area contributed by atoms with E-state index >= 15 is 8.78 Å². The number of amides is 1. The molecule has 11 heteroatoms. The predicted molar refractivity (Wildman–Crippen MR) is 128 cm³/mol. The van der Waals surface area contributed by atoms with E-state index in [0.717, 1.165) is 38.6 Å². The molecule has 0 saturated heterocycles. The first kappa shape index (κ1) is 24.7. The number of halogens is 3. The summed E-state index contributed by atoms with van der Waals surface area (Å²) in [5.41, 5.74) is 5.37. The van der Waals surface area contributed by atoms with Gasteiger partial charge in [0.05, 0.1) is 10.4 Å². The lowest BCUT2D eigenvalue weighted by Gasteiger charge is -2.31. The van der Waals surface area contributed by atoms with Gasteiger partial charge in [-0.05, 0) is 49.1 Å². The molecular formula is C23H25BrF2N4O3S. The van der Waals surface area contributed by atoms with Gasteiger partial charge in [-0.2, -0.15) is 18.2 Å². The Labute approximate surface area is 205 Å². The minimum absolute atomic E-state index is 0.222. The molecule has 2 aromatic carbocycles. The van der Waals surface area contributed by atoms with E-state index in [0.29, 0.717) is 25.6 Å². The fourth-order valence-electron chi connectivity index (χ4n) is 4.49. The number of likely N-dealkylation sites (N-methyl/N-ethyl adjacent to an activating group) is 1. The van der Waals surface area contributed by atoms with Gasteiger partial charge in [0.25, 0.3) is 5.92 Å². The maximum absolute atomic E-state index is 15.3. The van der Waals surface area contributed by atoms with Gasteiger partial charge in [-0.1, -0.05) is 40.9 Å². The molecule has 0 spiro atoms. The van der Waals surface area contributed by atoms with Gasteiger partial charge in [-0.15, -0.1) is 0 Å². The van der Waals surface area contributed by atoms with Gasteiger partial charge in [0.15, 0.2) is 6.04 Å². The third-order valence-electron chi connectivity index (χ3n) is 6.33. The second-order valence-electron chi connectivity index (χ2n) is 8.68. The molecule has 1 aliphatic carbocycles. The Morgan fingerprint density at radius 1 is 1.24 bits per heavy atom. The van der Waals surface area contributed by atoms with Crippen molar-refractivity contribution in [2.24, 2.45) is 11.7 Å². The van der Waals surface area contributed by atoms with Gasteiger partial charge in [0.1, 0.15) is 0 Å². The van der Waals surface area contributed by atoms with Gasteiger partial charge in [-0.3, -0.25) is 9.48 Å². The Morgan fingerprint density at radius 3 is 2.50 bits per heavy atom. The summed E-state index contributed by atoms with van der Waals surface area (Å²) in [6, 6.07) is 6.80. The lowest BCUT2D eigenvalue weighted by Crippen LogP contribution is -2.54. The molecule has 0 aliphatic heterocycles. The van der Waals surface area contributed by atoms with Crippen molar-refractivity contribution in [3.8, 4) is 0 Å². The Balaban J connectivity index is 1.65. The van der Waals surface area contributed by atoms with E-state index in [4.69, 9.17) is 5.73 Å². The minimum atomic E-state index is -4.48. The van der Waals surface area contributed by atoms with Crippen molar-refractivity contribution >= 4 is 42.8 Å². The molecule has 1 fully saturated rings. The van der Waals surface area contributed by atoms with E-state index in [2.05, 4.69) is 21.0 Å². The average molecular weight is 555 g/mol. The van der Waals surface area contributed by atoms with Crippen LogP contribution in [0.5, 0.6) is 0 Å². The molecule has 7 nitrogen and oxygen atoms in total. The molecule has 1 saturated carbocycles. The molecule has 182 valence electrons. The van der Waals surface area contributed by atoms with Gasteiger partial charge in [-0.25, -0.2) is 8.42 Å². The number of fused-ring (bicyclic) bond motifs is 1. The van der Waals surface area contributed by atoms with E-state index in [-0.39, 0.29) is 4.90 Å². The lowest BCUT2D eigenvalue weighted by atomic mass is 10.0. The second kappa shape index (κ2) is 9.35. The number of sulfonamides is 1. The number of alkyl halides is 2. The first-order valence-corrected chi connectivity index (χ1v) is 13.1. The summed E-state index contributed by atoms with van der Waals surface area (Å²) in [5.74, 6) is -4.77. The molecule has 0 radical (unpaired) electrons. The summed E-state index contributed by atoms with van der Waals surface area (Å²) in [6.45, 7) is 0.750. The third kappa shape index (κ3) is 4.73. The molecule has 4 rings (SSSR count). The molecule has 1 aromatic heterocycles. The zero-order valence-electron chi connectivity index (χ0n) is 18.5. The van der Waals surface area contributed by atoms with Crippen molar-refractivity contribution in [3.05, 3.63) is 58.7 Å². The molecule has 1 aliphatic rings. The smallest absolute Gasteiger partial charge is 0.298 e. The quantitative estimate of drug-likeness (QED) is 0.449. The lowest BCUT2D eigenvalue weighted by molar-refractivity contribution is -0.136. The fraction of sp³-hybridized carbons (Fsp3) is 0.391. The van der Waals surface area contributed by atoms with Crippen LogP contribution in [0.4, 0.5) is 8.78 Å². The third-order valence-corrected chi connectivity index (χ3v) is 8.67. The zero-order valence-corrected chi connectivity index (χ0v) is 20.9. The topological polar surface area (TPSA) is 98.3 Å². The highest BCUT2D eigenvalue weighted by Gasteiger charge is 2.51. The van der Waals surface area contributed by atoms with Crippen molar-refractivity contribution in [1.29, 1.82) is 0 Å². The van der Waals surface area contributed by atoms with Crippen LogP contribution in [0.15, 0.2) is 58.0 Å². The Bertz CT molecular complexity index is 1310. The molecule has 34 heavy (non-hydrogen) atoms. The maximum Gasteiger partial charge on any atom is 0.298 e. The van der Waals surface area contributed by atoms with E-state index in [1.807, 2.05) is 0 Å². The Hall–Kier alpha value is -2.37. The van der Waals surface area contributed by atoms with Crippen molar-refractivity contribution in [2.45, 2.75) is 49.1 Å². The molecule has 0 unspecified atom stereocenters. The van der Waals surface area contributed by atoms with Crippen LogP contribution >= 0.6 is 15.9 Å². The number of nitrogens with two attached hydrogens (primary N) is 1. The van der Waals surface area contributed by atoms with Crippen LogP contribution in [0.1, 0.15) is 31.2 Å². The minimum Gasteiger partial charge on any atom is -0.368 e. The monoisotopic (exact) mass is 554 g/mol. The number of aromatic nitrogens is 2. The fourth-order valence-corrected chi connectivity index (χ4v) is 6.11. The summed E-state index contributed by atoms with van der Waals surface area (Å²) in [5, 5.41) is 5.08. The zero-order chi connectivity index (χ0) is 24.7. The number of hydrogen-bond acceptors (Lipinski definition) is 4. The van der Waals surface area contributed by atoms with Gasteiger partial charge < -0.3 is 5.73 Å². The van der Waals surface area contributed by atoms with Crippen LogP contribution in [0.3, 0.4) is 0 Å². The molecule has 2 N–H and O–H groups in total. The molecular weight excluding hydrogens is 530 g/mol. The van der Waals surface area contributed by atoms with Gasteiger partial charge in [0.2, 0.25) is 15.9 Å². The van der Waals surface area contributed by atoms with Crippen LogP contribution < -0.4 is 5.73 Å². The SMILES string of the molecule is CN([C@@H](C(N)=O)C(F)(F)c1ccc(Br)cc1)S(=O)(=O)c1ccc2nn(CC3CCCC3)cc2c1. The number of primary amides is 1. The Kier molecular flexibility index (Phi) is 6.80. The molecule has 1 amide bonds. The van der Waals surface area contributed by atoms with E-state index in [9.17, 15) is 13.2 Å². The van der Waals surface area contributed by atoms with Crippen LogP contribution in [-0.2, 0) is 27.3 Å². The summed E-state index contributed by atoms with van der Waals surface area (Å²) < 4.78 is 59.9. The number of carbonyl (C=O) groups is 1. The van der Waals surface area contributed by atoms with E-state index in [1.54, 1.807) is 10.9 Å². The van der Waals surface area contributed by atoms with Crippen LogP contribution in [0, 0.1) is 5.92 Å². The first-order chi connectivity index (χ1) is 16.0. The summed E-state index contributed by atoms with van der Waals surface area (Å²) in [6.07, 6.45) is 6.44. The van der Waals surface area contributed by atoms with Crippen molar-refractivity contribution < 1.29 is 22.0 Å². The molecule has 3 aromatic rings.